The van der Waals surface area contributed by atoms with Crippen LogP contribution < -0.4 is 10.6 Å². The maximum Gasteiger partial charge on any atom is 0.0306 e. The molecule has 2 rings (SSSR count). The van der Waals surface area contributed by atoms with Gasteiger partial charge >= 0.3 is 0 Å². The highest BCUT2D eigenvalue weighted by atomic mass is 15.1. The van der Waals surface area contributed by atoms with Crippen LogP contribution in [-0.2, 0) is 0 Å². The molecule has 1 aliphatic carbocycles. The number of hydrogen-bond donors (Lipinski definition) is 2. The molecule has 1 atom stereocenters. The zero-order valence-electron chi connectivity index (χ0n) is 11.8. The van der Waals surface area contributed by atoms with Crippen molar-refractivity contribution in [2.24, 2.45) is 5.41 Å². The minimum absolute atomic E-state index is 0.420. The van der Waals surface area contributed by atoms with E-state index in [-0.39, 0.29) is 0 Å². The van der Waals surface area contributed by atoms with Gasteiger partial charge in [-0.25, -0.2) is 0 Å². The molecule has 2 fully saturated rings. The van der Waals surface area contributed by atoms with E-state index in [1.807, 2.05) is 0 Å². The standard InChI is InChI=1S/C15H30N2/c1-3-7-15(10-6-11-17-15)13-16-12-14(2)8-4-5-9-14/h16-17H,3-13H2,1-2H3. The van der Waals surface area contributed by atoms with Crippen LogP contribution >= 0.6 is 0 Å². The van der Waals surface area contributed by atoms with Gasteiger partial charge in [-0.05, 0) is 44.1 Å². The third kappa shape index (κ3) is 3.45. The molecule has 0 aromatic carbocycles. The van der Waals surface area contributed by atoms with Gasteiger partial charge in [0.1, 0.15) is 0 Å². The summed E-state index contributed by atoms with van der Waals surface area (Å²) in [6.07, 6.45) is 11.1. The van der Waals surface area contributed by atoms with Crippen LogP contribution in [0.3, 0.4) is 0 Å². The molecular weight excluding hydrogens is 208 g/mol. The summed E-state index contributed by atoms with van der Waals surface area (Å²) in [6, 6.07) is 0. The van der Waals surface area contributed by atoms with E-state index < -0.39 is 0 Å². The summed E-state index contributed by atoms with van der Waals surface area (Å²) in [7, 11) is 0. The Morgan fingerprint density at radius 1 is 1.06 bits per heavy atom. The first-order valence-corrected chi connectivity index (χ1v) is 7.64. The Balaban J connectivity index is 1.75. The largest absolute Gasteiger partial charge is 0.314 e. The Morgan fingerprint density at radius 3 is 2.41 bits per heavy atom. The Labute approximate surface area is 107 Å². The molecule has 2 heteroatoms. The van der Waals surface area contributed by atoms with Gasteiger partial charge in [0.2, 0.25) is 0 Å². The first-order valence-electron chi connectivity index (χ1n) is 7.64. The third-order valence-electron chi connectivity index (χ3n) is 4.89. The van der Waals surface area contributed by atoms with Crippen molar-refractivity contribution in [2.75, 3.05) is 19.6 Å². The maximum atomic E-state index is 3.77. The van der Waals surface area contributed by atoms with Gasteiger partial charge in [-0.1, -0.05) is 33.1 Å². The van der Waals surface area contributed by atoms with E-state index in [0.717, 1.165) is 0 Å². The number of rotatable bonds is 6. The summed E-state index contributed by atoms with van der Waals surface area (Å²) < 4.78 is 0. The van der Waals surface area contributed by atoms with Crippen LogP contribution in [0.4, 0.5) is 0 Å². The highest BCUT2D eigenvalue weighted by molar-refractivity contribution is 4.95. The van der Waals surface area contributed by atoms with Crippen LogP contribution in [0.15, 0.2) is 0 Å². The van der Waals surface area contributed by atoms with Crippen LogP contribution in [0.5, 0.6) is 0 Å². The normalized spacial score (nSPS) is 32.1. The lowest BCUT2D eigenvalue weighted by Crippen LogP contribution is -2.49. The van der Waals surface area contributed by atoms with Crippen molar-refractivity contribution in [2.45, 2.75) is 70.8 Å². The number of nitrogens with one attached hydrogen (secondary N) is 2. The van der Waals surface area contributed by atoms with Gasteiger partial charge in [0.25, 0.3) is 0 Å². The molecule has 0 bridgehead atoms. The molecule has 1 saturated carbocycles. The molecule has 2 nitrogen and oxygen atoms in total. The van der Waals surface area contributed by atoms with Gasteiger partial charge in [0, 0.05) is 18.6 Å². The van der Waals surface area contributed by atoms with Crippen molar-refractivity contribution in [3.05, 3.63) is 0 Å². The van der Waals surface area contributed by atoms with Crippen molar-refractivity contribution in [1.82, 2.24) is 10.6 Å². The minimum atomic E-state index is 0.420. The van der Waals surface area contributed by atoms with Gasteiger partial charge in [-0.2, -0.15) is 0 Å². The fourth-order valence-electron chi connectivity index (χ4n) is 3.81. The Morgan fingerprint density at radius 2 is 1.82 bits per heavy atom. The fraction of sp³-hybridized carbons (Fsp3) is 1.00. The number of hydrogen-bond acceptors (Lipinski definition) is 2. The molecule has 1 heterocycles. The lowest BCUT2D eigenvalue weighted by atomic mass is 9.87. The Bertz CT molecular complexity index is 225. The summed E-state index contributed by atoms with van der Waals surface area (Å²) in [5.74, 6) is 0. The second kappa shape index (κ2) is 5.71. The SMILES string of the molecule is CCCC1(CNCC2(C)CCCC2)CCCN1. The van der Waals surface area contributed by atoms with Gasteiger partial charge in [0.15, 0.2) is 0 Å². The molecule has 17 heavy (non-hydrogen) atoms. The zero-order valence-corrected chi connectivity index (χ0v) is 11.8. The molecule has 100 valence electrons. The smallest absolute Gasteiger partial charge is 0.0306 e. The molecule has 1 aliphatic heterocycles. The van der Waals surface area contributed by atoms with Crippen molar-refractivity contribution in [3.63, 3.8) is 0 Å². The fourth-order valence-corrected chi connectivity index (χ4v) is 3.81. The lowest BCUT2D eigenvalue weighted by molar-refractivity contribution is 0.271. The quantitative estimate of drug-likeness (QED) is 0.743. The summed E-state index contributed by atoms with van der Waals surface area (Å²) in [5, 5.41) is 7.52. The van der Waals surface area contributed by atoms with Crippen LogP contribution in [0, 0.1) is 5.41 Å². The first-order chi connectivity index (χ1) is 8.18. The van der Waals surface area contributed by atoms with E-state index in [9.17, 15) is 0 Å². The molecule has 0 radical (unpaired) electrons. The van der Waals surface area contributed by atoms with Crippen LogP contribution in [0.2, 0.25) is 0 Å². The monoisotopic (exact) mass is 238 g/mol. The minimum Gasteiger partial charge on any atom is -0.314 e. The summed E-state index contributed by atoms with van der Waals surface area (Å²) in [6.45, 7) is 8.39. The molecule has 1 saturated heterocycles. The Kier molecular flexibility index (Phi) is 4.48. The molecular formula is C15H30N2. The van der Waals surface area contributed by atoms with Crippen LogP contribution in [0.25, 0.3) is 0 Å². The highest BCUT2D eigenvalue weighted by Crippen LogP contribution is 2.36. The molecule has 0 aromatic rings. The topological polar surface area (TPSA) is 24.1 Å². The zero-order chi connectivity index (χ0) is 12.2. The van der Waals surface area contributed by atoms with E-state index in [2.05, 4.69) is 24.5 Å². The summed E-state index contributed by atoms with van der Waals surface area (Å²) in [5.41, 5.74) is 1.01. The average Bonchev–Trinajstić information content (AvgIpc) is 2.90. The van der Waals surface area contributed by atoms with Gasteiger partial charge in [-0.3, -0.25) is 0 Å². The third-order valence-corrected chi connectivity index (χ3v) is 4.89. The Hall–Kier alpha value is -0.0800. The molecule has 0 aromatic heterocycles. The van der Waals surface area contributed by atoms with Gasteiger partial charge in [0.05, 0.1) is 0 Å². The van der Waals surface area contributed by atoms with Crippen molar-refractivity contribution in [1.29, 1.82) is 0 Å². The van der Waals surface area contributed by atoms with E-state index in [0.29, 0.717) is 11.0 Å². The second-order valence-corrected chi connectivity index (χ2v) is 6.68. The first kappa shape index (κ1) is 13.4. The molecule has 2 N–H and O–H groups in total. The molecule has 2 aliphatic rings. The van der Waals surface area contributed by atoms with Crippen molar-refractivity contribution < 1.29 is 0 Å². The van der Waals surface area contributed by atoms with E-state index in [1.54, 1.807) is 0 Å². The summed E-state index contributed by atoms with van der Waals surface area (Å²) >= 11 is 0. The lowest BCUT2D eigenvalue weighted by Gasteiger charge is -2.32. The van der Waals surface area contributed by atoms with Crippen LogP contribution in [-0.4, -0.2) is 25.2 Å². The summed E-state index contributed by atoms with van der Waals surface area (Å²) in [4.78, 5) is 0. The van der Waals surface area contributed by atoms with E-state index >= 15 is 0 Å². The van der Waals surface area contributed by atoms with Crippen molar-refractivity contribution >= 4 is 0 Å². The predicted octanol–water partition coefficient (Wildman–Crippen LogP) is 3.08. The van der Waals surface area contributed by atoms with Gasteiger partial charge < -0.3 is 10.6 Å². The average molecular weight is 238 g/mol. The van der Waals surface area contributed by atoms with Crippen molar-refractivity contribution in [3.8, 4) is 0 Å². The van der Waals surface area contributed by atoms with E-state index in [4.69, 9.17) is 0 Å². The van der Waals surface area contributed by atoms with E-state index in [1.165, 1.54) is 71.0 Å². The van der Waals surface area contributed by atoms with Gasteiger partial charge in [-0.15, -0.1) is 0 Å². The highest BCUT2D eigenvalue weighted by Gasteiger charge is 2.33. The second-order valence-electron chi connectivity index (χ2n) is 6.68. The maximum absolute atomic E-state index is 3.77. The van der Waals surface area contributed by atoms with Crippen LogP contribution in [0.1, 0.15) is 65.2 Å². The molecule has 0 amide bonds. The molecule has 1 unspecified atom stereocenters. The predicted molar refractivity (Wildman–Crippen MR) is 74.3 cm³/mol. The molecule has 0 spiro atoms.